The molecule has 2 rings (SSSR count). The molecule has 1 aliphatic rings. The highest BCUT2D eigenvalue weighted by Gasteiger charge is 2.38. The predicted molar refractivity (Wildman–Crippen MR) is 124 cm³/mol. The van der Waals surface area contributed by atoms with Crippen molar-refractivity contribution < 1.29 is 28.7 Å². The van der Waals surface area contributed by atoms with Crippen molar-refractivity contribution in [2.45, 2.75) is 58.2 Å². The SMILES string of the molecule is CCOC(=O)C(CC(=O)c1ccc(N(C)C)cc1)N[C@@H](C)C(=O)N1CCC[C@H]1C(=O)OCC. The number of likely N-dealkylation sites (tertiary alicyclic amines) is 1. The normalized spacial score (nSPS) is 17.2. The minimum Gasteiger partial charge on any atom is -0.465 e. The lowest BCUT2D eigenvalue weighted by atomic mass is 10.0. The van der Waals surface area contributed by atoms with Gasteiger partial charge in [0.15, 0.2) is 5.78 Å². The largest absolute Gasteiger partial charge is 0.465 e. The van der Waals surface area contributed by atoms with Crippen molar-refractivity contribution in [3.05, 3.63) is 29.8 Å². The van der Waals surface area contributed by atoms with Gasteiger partial charge in [-0.2, -0.15) is 0 Å². The molecular weight excluding hydrogens is 426 g/mol. The number of nitrogens with zero attached hydrogens (tertiary/aromatic N) is 2. The summed E-state index contributed by atoms with van der Waals surface area (Å²) in [5, 5.41) is 2.95. The second-order valence-corrected chi connectivity index (χ2v) is 8.20. The van der Waals surface area contributed by atoms with Crippen LogP contribution in [0.15, 0.2) is 24.3 Å². The maximum Gasteiger partial charge on any atom is 0.328 e. The van der Waals surface area contributed by atoms with E-state index in [1.807, 2.05) is 31.1 Å². The van der Waals surface area contributed by atoms with Crippen LogP contribution in [0.5, 0.6) is 0 Å². The van der Waals surface area contributed by atoms with Gasteiger partial charge in [0.05, 0.1) is 19.3 Å². The minimum absolute atomic E-state index is 0.154. The Labute approximate surface area is 195 Å². The number of nitrogens with one attached hydrogen (secondary N) is 1. The Balaban J connectivity index is 2.10. The lowest BCUT2D eigenvalue weighted by Crippen LogP contribution is -2.53. The maximum absolute atomic E-state index is 13.1. The van der Waals surface area contributed by atoms with Gasteiger partial charge in [-0.05, 0) is 57.9 Å². The van der Waals surface area contributed by atoms with Crippen molar-refractivity contribution in [3.63, 3.8) is 0 Å². The first-order valence-corrected chi connectivity index (χ1v) is 11.4. The zero-order chi connectivity index (χ0) is 24.5. The van der Waals surface area contributed by atoms with Gasteiger partial charge in [0, 0.05) is 38.3 Å². The minimum atomic E-state index is -0.992. The first kappa shape index (κ1) is 26.3. The number of carbonyl (C=O) groups is 4. The maximum atomic E-state index is 13.1. The number of carbonyl (C=O) groups excluding carboxylic acids is 4. The fraction of sp³-hybridized carbons (Fsp3) is 0.583. The highest BCUT2D eigenvalue weighted by Crippen LogP contribution is 2.20. The third-order valence-corrected chi connectivity index (χ3v) is 5.58. The van der Waals surface area contributed by atoms with Gasteiger partial charge in [-0.1, -0.05) is 0 Å². The Morgan fingerprint density at radius 2 is 1.73 bits per heavy atom. The second kappa shape index (κ2) is 12.3. The molecule has 1 aromatic rings. The number of ketones is 1. The Morgan fingerprint density at radius 1 is 1.09 bits per heavy atom. The zero-order valence-corrected chi connectivity index (χ0v) is 20.1. The van der Waals surface area contributed by atoms with Gasteiger partial charge in [-0.15, -0.1) is 0 Å². The third-order valence-electron chi connectivity index (χ3n) is 5.58. The number of ether oxygens (including phenoxy) is 2. The van der Waals surface area contributed by atoms with E-state index >= 15 is 0 Å². The van der Waals surface area contributed by atoms with Crippen LogP contribution in [0.2, 0.25) is 0 Å². The summed E-state index contributed by atoms with van der Waals surface area (Å²) >= 11 is 0. The lowest BCUT2D eigenvalue weighted by Gasteiger charge is -2.28. The molecule has 0 saturated carbocycles. The number of esters is 2. The molecule has 0 spiro atoms. The average Bonchev–Trinajstić information content (AvgIpc) is 3.28. The van der Waals surface area contributed by atoms with Crippen molar-refractivity contribution in [1.29, 1.82) is 0 Å². The summed E-state index contributed by atoms with van der Waals surface area (Å²) in [4.78, 5) is 54.1. The number of Topliss-reactive ketones (excluding diaryl/α,β-unsaturated/α-hetero) is 1. The summed E-state index contributed by atoms with van der Waals surface area (Å²) < 4.78 is 10.2. The van der Waals surface area contributed by atoms with E-state index in [1.54, 1.807) is 32.9 Å². The summed E-state index contributed by atoms with van der Waals surface area (Å²) in [5.41, 5.74) is 1.42. The Morgan fingerprint density at radius 3 is 2.30 bits per heavy atom. The smallest absolute Gasteiger partial charge is 0.328 e. The molecule has 0 aromatic heterocycles. The Hall–Kier alpha value is -2.94. The van der Waals surface area contributed by atoms with Gasteiger partial charge in [0.1, 0.15) is 12.1 Å². The Kier molecular flexibility index (Phi) is 9.84. The molecular formula is C24H35N3O6. The quantitative estimate of drug-likeness (QED) is 0.393. The molecule has 9 heteroatoms. The highest BCUT2D eigenvalue weighted by molar-refractivity contribution is 5.99. The molecule has 1 aromatic carbocycles. The Bertz CT molecular complexity index is 839. The van der Waals surface area contributed by atoms with Gasteiger partial charge in [0.25, 0.3) is 0 Å². The van der Waals surface area contributed by atoms with Gasteiger partial charge < -0.3 is 19.3 Å². The first-order valence-electron chi connectivity index (χ1n) is 11.4. The van der Waals surface area contributed by atoms with E-state index in [1.165, 1.54) is 4.90 Å². The molecule has 1 N–H and O–H groups in total. The molecule has 1 amide bonds. The third kappa shape index (κ3) is 7.02. The molecule has 0 radical (unpaired) electrons. The number of amides is 1. The number of hydrogen-bond donors (Lipinski definition) is 1. The summed E-state index contributed by atoms with van der Waals surface area (Å²) in [7, 11) is 3.81. The molecule has 1 saturated heterocycles. The van der Waals surface area contributed by atoms with Crippen LogP contribution in [0.4, 0.5) is 5.69 Å². The van der Waals surface area contributed by atoms with E-state index in [2.05, 4.69) is 5.32 Å². The number of benzene rings is 1. The molecule has 0 bridgehead atoms. The topological polar surface area (TPSA) is 105 Å². The standard InChI is InChI=1S/C24H35N3O6/c1-6-32-23(30)19(15-21(28)17-10-12-18(13-11-17)26(4)5)25-16(3)22(29)27-14-8-9-20(27)24(31)33-7-2/h10-13,16,19-20,25H,6-9,14-15H2,1-5H3/t16-,19?,20-/m0/s1. The lowest BCUT2D eigenvalue weighted by molar-refractivity contribution is -0.154. The van der Waals surface area contributed by atoms with Crippen molar-refractivity contribution in [2.75, 3.05) is 38.8 Å². The molecule has 1 aliphatic heterocycles. The van der Waals surface area contributed by atoms with Gasteiger partial charge >= 0.3 is 11.9 Å². The predicted octanol–water partition coefficient (Wildman–Crippen LogP) is 1.79. The van der Waals surface area contributed by atoms with Crippen LogP contribution in [0.25, 0.3) is 0 Å². The summed E-state index contributed by atoms with van der Waals surface area (Å²) in [5.74, 6) is -1.58. The summed E-state index contributed by atoms with van der Waals surface area (Å²) in [6.07, 6.45) is 1.09. The molecule has 0 aliphatic carbocycles. The van der Waals surface area contributed by atoms with E-state index in [0.717, 1.165) is 5.69 Å². The van der Waals surface area contributed by atoms with E-state index in [9.17, 15) is 19.2 Å². The second-order valence-electron chi connectivity index (χ2n) is 8.20. The molecule has 9 nitrogen and oxygen atoms in total. The monoisotopic (exact) mass is 461 g/mol. The zero-order valence-electron chi connectivity index (χ0n) is 20.1. The fourth-order valence-electron chi connectivity index (χ4n) is 3.84. The van der Waals surface area contributed by atoms with Crippen molar-refractivity contribution in [2.24, 2.45) is 0 Å². The van der Waals surface area contributed by atoms with Crippen LogP contribution >= 0.6 is 0 Å². The van der Waals surface area contributed by atoms with Crippen LogP contribution in [0.3, 0.4) is 0 Å². The fourth-order valence-corrected chi connectivity index (χ4v) is 3.84. The van der Waals surface area contributed by atoms with Gasteiger partial charge in [-0.25, -0.2) is 4.79 Å². The average molecular weight is 462 g/mol. The first-order chi connectivity index (χ1) is 15.7. The molecule has 1 fully saturated rings. The van der Waals surface area contributed by atoms with E-state index in [0.29, 0.717) is 24.9 Å². The van der Waals surface area contributed by atoms with Crippen LogP contribution < -0.4 is 10.2 Å². The van der Waals surface area contributed by atoms with Crippen molar-refractivity contribution in [1.82, 2.24) is 10.2 Å². The molecule has 182 valence electrons. The number of hydrogen-bond acceptors (Lipinski definition) is 8. The molecule has 3 atom stereocenters. The van der Waals surface area contributed by atoms with Crippen LogP contribution in [-0.4, -0.2) is 80.5 Å². The summed E-state index contributed by atoms with van der Waals surface area (Å²) in [6.45, 7) is 5.86. The van der Waals surface area contributed by atoms with E-state index in [4.69, 9.17) is 9.47 Å². The number of rotatable bonds is 11. The highest BCUT2D eigenvalue weighted by atomic mass is 16.5. The van der Waals surface area contributed by atoms with E-state index < -0.39 is 30.1 Å². The van der Waals surface area contributed by atoms with E-state index in [-0.39, 0.29) is 31.3 Å². The van der Waals surface area contributed by atoms with Gasteiger partial charge in [-0.3, -0.25) is 19.7 Å². The van der Waals surface area contributed by atoms with Gasteiger partial charge in [0.2, 0.25) is 5.91 Å². The summed E-state index contributed by atoms with van der Waals surface area (Å²) in [6, 6.07) is 4.67. The number of anilines is 1. The van der Waals surface area contributed by atoms with Crippen LogP contribution in [0, 0.1) is 0 Å². The van der Waals surface area contributed by atoms with Crippen molar-refractivity contribution in [3.8, 4) is 0 Å². The molecule has 1 unspecified atom stereocenters. The van der Waals surface area contributed by atoms with Crippen LogP contribution in [-0.2, 0) is 23.9 Å². The molecule has 1 heterocycles. The van der Waals surface area contributed by atoms with Crippen molar-refractivity contribution >= 4 is 29.3 Å². The molecule has 33 heavy (non-hydrogen) atoms. The van der Waals surface area contributed by atoms with Crippen LogP contribution in [0.1, 0.15) is 50.4 Å².